The number of hydrogen-bond donors (Lipinski definition) is 2. The molecule has 0 aliphatic rings. The number of nitrogens with zero attached hydrogens (tertiary/aromatic N) is 2. The lowest BCUT2D eigenvalue weighted by atomic mass is 10.1. The van der Waals surface area contributed by atoms with Crippen molar-refractivity contribution in [2.45, 2.75) is 64.7 Å². The van der Waals surface area contributed by atoms with Crippen molar-refractivity contribution in [3.8, 4) is 0 Å². The minimum atomic E-state index is 0.0803. The average Bonchev–Trinajstić information content (AvgIpc) is 2.56. The number of amides is 1. The number of carbonyl (C=O) groups is 1. The van der Waals surface area contributed by atoms with Crippen LogP contribution in [-0.4, -0.2) is 49.4 Å². The Morgan fingerprint density at radius 2 is 1.35 bits per heavy atom. The van der Waals surface area contributed by atoms with Crippen LogP contribution in [0, 0.1) is 0 Å². The van der Waals surface area contributed by atoms with Gasteiger partial charge in [0.1, 0.15) is 0 Å². The van der Waals surface area contributed by atoms with Gasteiger partial charge in [-0.3, -0.25) is 16.5 Å². The Bertz CT molecular complexity index is 270. The Labute approximate surface area is 144 Å². The average molecular weight is 329 g/mol. The van der Waals surface area contributed by atoms with E-state index in [-0.39, 0.29) is 5.91 Å². The molecule has 0 rings (SSSR count). The SMILES string of the molecule is C=CC(=O)N(CCCCCCCCCC)CCCN(C)C.NN. The first kappa shape index (κ1) is 24.3. The molecule has 5 nitrogen and oxygen atoms in total. The lowest BCUT2D eigenvalue weighted by molar-refractivity contribution is -0.126. The van der Waals surface area contributed by atoms with Gasteiger partial charge in [0.15, 0.2) is 0 Å². The van der Waals surface area contributed by atoms with Crippen LogP contribution in [0.4, 0.5) is 0 Å². The standard InChI is InChI=1S/C18H36N2O.H4N2/c1-5-7-8-9-10-11-12-13-16-20(18(21)6-2)17-14-15-19(3)4;1-2/h6H,2,5,7-17H2,1,3-4H3;1-2H2. The van der Waals surface area contributed by atoms with Crippen LogP contribution in [0.5, 0.6) is 0 Å². The first-order chi connectivity index (χ1) is 11.1. The lowest BCUT2D eigenvalue weighted by Crippen LogP contribution is -2.33. The zero-order valence-corrected chi connectivity index (χ0v) is 15.7. The summed E-state index contributed by atoms with van der Waals surface area (Å²) >= 11 is 0. The topological polar surface area (TPSA) is 75.6 Å². The van der Waals surface area contributed by atoms with E-state index in [9.17, 15) is 4.79 Å². The largest absolute Gasteiger partial charge is 0.339 e. The molecule has 5 heteroatoms. The van der Waals surface area contributed by atoms with Gasteiger partial charge in [-0.25, -0.2) is 0 Å². The first-order valence-corrected chi connectivity index (χ1v) is 9.01. The van der Waals surface area contributed by atoms with Crippen LogP contribution in [0.3, 0.4) is 0 Å². The van der Waals surface area contributed by atoms with Gasteiger partial charge in [-0.2, -0.15) is 0 Å². The third kappa shape index (κ3) is 17.3. The molecule has 138 valence electrons. The summed E-state index contributed by atoms with van der Waals surface area (Å²) in [6.45, 7) is 8.62. The highest BCUT2D eigenvalue weighted by molar-refractivity contribution is 5.86. The highest BCUT2D eigenvalue weighted by atomic mass is 16.2. The normalized spacial score (nSPS) is 10.2. The summed E-state index contributed by atoms with van der Waals surface area (Å²) < 4.78 is 0. The fourth-order valence-electron chi connectivity index (χ4n) is 2.48. The molecule has 1 amide bonds. The maximum absolute atomic E-state index is 11.8. The summed E-state index contributed by atoms with van der Waals surface area (Å²) in [5, 5.41) is 0. The van der Waals surface area contributed by atoms with E-state index < -0.39 is 0 Å². The smallest absolute Gasteiger partial charge is 0.245 e. The Morgan fingerprint density at radius 1 is 0.870 bits per heavy atom. The van der Waals surface area contributed by atoms with Gasteiger partial charge in [0.2, 0.25) is 5.91 Å². The second-order valence-corrected chi connectivity index (χ2v) is 6.16. The highest BCUT2D eigenvalue weighted by Gasteiger charge is 2.09. The van der Waals surface area contributed by atoms with Crippen LogP contribution >= 0.6 is 0 Å². The molecule has 0 saturated carbocycles. The van der Waals surface area contributed by atoms with Crippen LogP contribution in [0.25, 0.3) is 0 Å². The van der Waals surface area contributed by atoms with E-state index in [0.717, 1.165) is 32.5 Å². The van der Waals surface area contributed by atoms with Gasteiger partial charge in [0.05, 0.1) is 0 Å². The maximum Gasteiger partial charge on any atom is 0.245 e. The predicted molar refractivity (Wildman–Crippen MR) is 101 cm³/mol. The summed E-state index contributed by atoms with van der Waals surface area (Å²) in [6.07, 6.45) is 12.9. The van der Waals surface area contributed by atoms with E-state index in [1.165, 1.54) is 51.0 Å². The van der Waals surface area contributed by atoms with Crippen molar-refractivity contribution in [3.63, 3.8) is 0 Å². The third-order valence-electron chi connectivity index (χ3n) is 3.80. The Kier molecular flexibility index (Phi) is 20.3. The van der Waals surface area contributed by atoms with E-state index in [4.69, 9.17) is 0 Å². The molecule has 0 radical (unpaired) electrons. The molecule has 0 fully saturated rings. The van der Waals surface area contributed by atoms with Crippen LogP contribution in [0.15, 0.2) is 12.7 Å². The summed E-state index contributed by atoms with van der Waals surface area (Å²) in [5.41, 5.74) is 0. The molecule has 0 spiro atoms. The molecule has 0 aliphatic carbocycles. The fourth-order valence-corrected chi connectivity index (χ4v) is 2.48. The Morgan fingerprint density at radius 3 is 1.83 bits per heavy atom. The minimum absolute atomic E-state index is 0.0803. The number of hydrogen-bond acceptors (Lipinski definition) is 4. The van der Waals surface area contributed by atoms with Crippen molar-refractivity contribution in [1.82, 2.24) is 9.80 Å². The second-order valence-electron chi connectivity index (χ2n) is 6.16. The molecule has 23 heavy (non-hydrogen) atoms. The van der Waals surface area contributed by atoms with Crippen molar-refractivity contribution in [3.05, 3.63) is 12.7 Å². The van der Waals surface area contributed by atoms with E-state index >= 15 is 0 Å². The third-order valence-corrected chi connectivity index (χ3v) is 3.80. The zero-order valence-electron chi connectivity index (χ0n) is 15.7. The highest BCUT2D eigenvalue weighted by Crippen LogP contribution is 2.09. The number of unbranched alkanes of at least 4 members (excludes halogenated alkanes) is 7. The van der Waals surface area contributed by atoms with Gasteiger partial charge in [-0.05, 0) is 39.6 Å². The van der Waals surface area contributed by atoms with Crippen LogP contribution in [-0.2, 0) is 4.79 Å². The first-order valence-electron chi connectivity index (χ1n) is 9.01. The van der Waals surface area contributed by atoms with Crippen LogP contribution in [0.2, 0.25) is 0 Å². The van der Waals surface area contributed by atoms with E-state index in [1.807, 2.05) is 4.90 Å². The molecular weight excluding hydrogens is 288 g/mol. The monoisotopic (exact) mass is 328 g/mol. The molecule has 0 heterocycles. The second kappa shape index (κ2) is 19.1. The van der Waals surface area contributed by atoms with Crippen molar-refractivity contribution in [1.29, 1.82) is 0 Å². The fraction of sp³-hybridized carbons (Fsp3) is 0.833. The summed E-state index contributed by atoms with van der Waals surface area (Å²) in [4.78, 5) is 15.9. The number of carbonyl (C=O) groups excluding carboxylic acids is 1. The van der Waals surface area contributed by atoms with E-state index in [0.29, 0.717) is 0 Å². The van der Waals surface area contributed by atoms with Crippen LogP contribution in [0.1, 0.15) is 64.7 Å². The van der Waals surface area contributed by atoms with Crippen molar-refractivity contribution in [2.75, 3.05) is 33.7 Å². The van der Waals surface area contributed by atoms with Crippen molar-refractivity contribution in [2.24, 2.45) is 11.7 Å². The zero-order chi connectivity index (χ0) is 17.9. The van der Waals surface area contributed by atoms with Gasteiger partial charge in [-0.1, -0.05) is 58.4 Å². The quantitative estimate of drug-likeness (QED) is 0.222. The van der Waals surface area contributed by atoms with Gasteiger partial charge in [0.25, 0.3) is 0 Å². The molecule has 0 unspecified atom stereocenters. The summed E-state index contributed by atoms with van der Waals surface area (Å²) in [5.74, 6) is 8.08. The molecule has 0 bridgehead atoms. The molecule has 0 aromatic carbocycles. The molecule has 0 saturated heterocycles. The molecule has 0 aromatic heterocycles. The van der Waals surface area contributed by atoms with Crippen molar-refractivity contribution >= 4 is 5.91 Å². The number of rotatable bonds is 14. The Hall–Kier alpha value is -0.910. The predicted octanol–water partition coefficient (Wildman–Crippen LogP) is 2.91. The van der Waals surface area contributed by atoms with E-state index in [1.54, 1.807) is 0 Å². The molecule has 0 aliphatic heterocycles. The van der Waals surface area contributed by atoms with Gasteiger partial charge >= 0.3 is 0 Å². The van der Waals surface area contributed by atoms with Gasteiger partial charge in [-0.15, -0.1) is 0 Å². The molecule has 0 aromatic rings. The number of nitrogens with two attached hydrogens (primary N) is 2. The number of hydrazine groups is 1. The van der Waals surface area contributed by atoms with Crippen LogP contribution < -0.4 is 11.7 Å². The molecular formula is C18H40N4O. The molecule has 4 N–H and O–H groups in total. The Balaban J connectivity index is 0. The van der Waals surface area contributed by atoms with Crippen molar-refractivity contribution < 1.29 is 4.79 Å². The summed E-state index contributed by atoms with van der Waals surface area (Å²) in [6, 6.07) is 0. The van der Waals surface area contributed by atoms with E-state index in [2.05, 4.69) is 44.2 Å². The summed E-state index contributed by atoms with van der Waals surface area (Å²) in [7, 11) is 4.14. The molecule has 0 atom stereocenters. The lowest BCUT2D eigenvalue weighted by Gasteiger charge is -2.22. The maximum atomic E-state index is 11.8. The minimum Gasteiger partial charge on any atom is -0.339 e. The van der Waals surface area contributed by atoms with Gasteiger partial charge in [0, 0.05) is 13.1 Å². The van der Waals surface area contributed by atoms with Gasteiger partial charge < -0.3 is 9.80 Å².